The van der Waals surface area contributed by atoms with Crippen LogP contribution in [0.1, 0.15) is 5.56 Å². The third-order valence-electron chi connectivity index (χ3n) is 2.05. The van der Waals surface area contributed by atoms with Crippen molar-refractivity contribution in [2.45, 2.75) is 5.92 Å². The van der Waals surface area contributed by atoms with E-state index in [4.69, 9.17) is 5.73 Å². The molecule has 0 aromatic heterocycles. The van der Waals surface area contributed by atoms with Gasteiger partial charge in [0.15, 0.2) is 5.75 Å². The molecule has 0 amide bonds. The Bertz CT molecular complexity index is 410. The second kappa shape index (κ2) is 4.40. The zero-order chi connectivity index (χ0) is 12.3. The van der Waals surface area contributed by atoms with Gasteiger partial charge in [0.2, 0.25) is 0 Å². The van der Waals surface area contributed by atoms with E-state index in [1.165, 1.54) is 19.2 Å². The lowest BCUT2D eigenvalue weighted by Crippen LogP contribution is -2.26. The van der Waals surface area contributed by atoms with Crippen molar-refractivity contribution in [3.05, 3.63) is 33.9 Å². The van der Waals surface area contributed by atoms with Crippen LogP contribution in [0, 0.1) is 10.1 Å². The standard InChI is InChI=1S/C9H10F2N2O3/c1-16-7-4-2-3-6(8(7)13(14)15)9(10,11)5-12/h2-4H,5,12H2,1H3. The van der Waals surface area contributed by atoms with Gasteiger partial charge in [-0.05, 0) is 12.1 Å². The number of nitrogens with zero attached hydrogens (tertiary/aromatic N) is 1. The second-order valence-electron chi connectivity index (χ2n) is 3.02. The van der Waals surface area contributed by atoms with Crippen molar-refractivity contribution < 1.29 is 18.4 Å². The lowest BCUT2D eigenvalue weighted by molar-refractivity contribution is -0.387. The zero-order valence-corrected chi connectivity index (χ0v) is 8.44. The molecule has 1 rings (SSSR count). The summed E-state index contributed by atoms with van der Waals surface area (Å²) in [5.41, 5.74) is 3.40. The molecule has 0 radical (unpaired) electrons. The molecule has 1 aromatic rings. The van der Waals surface area contributed by atoms with Crippen LogP contribution in [-0.2, 0) is 5.92 Å². The van der Waals surface area contributed by atoms with Gasteiger partial charge in [0.1, 0.15) is 5.56 Å². The van der Waals surface area contributed by atoms with E-state index in [2.05, 4.69) is 4.74 Å². The van der Waals surface area contributed by atoms with E-state index in [1.807, 2.05) is 0 Å². The van der Waals surface area contributed by atoms with Gasteiger partial charge in [-0.2, -0.15) is 8.78 Å². The number of para-hydroxylation sites is 1. The summed E-state index contributed by atoms with van der Waals surface area (Å²) in [6, 6.07) is 3.46. The first-order valence-electron chi connectivity index (χ1n) is 4.33. The third kappa shape index (κ3) is 2.08. The Hall–Kier alpha value is -1.76. The van der Waals surface area contributed by atoms with E-state index in [1.54, 1.807) is 0 Å². The molecule has 0 saturated carbocycles. The highest BCUT2D eigenvalue weighted by atomic mass is 19.3. The summed E-state index contributed by atoms with van der Waals surface area (Å²) in [5.74, 6) is -3.66. The average Bonchev–Trinajstić information content (AvgIpc) is 2.27. The molecule has 2 N–H and O–H groups in total. The van der Waals surface area contributed by atoms with Gasteiger partial charge in [0.25, 0.3) is 5.92 Å². The number of benzene rings is 1. The van der Waals surface area contributed by atoms with Crippen LogP contribution in [0.5, 0.6) is 5.75 Å². The first-order chi connectivity index (χ1) is 7.44. The quantitative estimate of drug-likeness (QED) is 0.632. The van der Waals surface area contributed by atoms with Gasteiger partial charge in [0, 0.05) is 0 Å². The number of nitro benzene ring substituents is 1. The largest absolute Gasteiger partial charge is 0.490 e. The van der Waals surface area contributed by atoms with Gasteiger partial charge in [-0.15, -0.1) is 0 Å². The molecule has 0 aliphatic rings. The molecule has 0 heterocycles. The van der Waals surface area contributed by atoms with Crippen LogP contribution in [0.2, 0.25) is 0 Å². The third-order valence-corrected chi connectivity index (χ3v) is 2.05. The number of nitro groups is 1. The lowest BCUT2D eigenvalue weighted by atomic mass is 10.1. The first-order valence-corrected chi connectivity index (χ1v) is 4.33. The molecule has 1 aromatic carbocycles. The van der Waals surface area contributed by atoms with Crippen LogP contribution in [0.15, 0.2) is 18.2 Å². The monoisotopic (exact) mass is 232 g/mol. The van der Waals surface area contributed by atoms with Crippen molar-refractivity contribution >= 4 is 5.69 Å². The highest BCUT2D eigenvalue weighted by Gasteiger charge is 2.38. The average molecular weight is 232 g/mol. The molecule has 0 unspecified atom stereocenters. The maximum atomic E-state index is 13.3. The minimum absolute atomic E-state index is 0.212. The fraction of sp³-hybridized carbons (Fsp3) is 0.333. The molecule has 5 nitrogen and oxygen atoms in total. The predicted molar refractivity (Wildman–Crippen MR) is 52.6 cm³/mol. The molecular formula is C9H10F2N2O3. The molecule has 0 aliphatic carbocycles. The number of ether oxygens (including phenoxy) is 1. The summed E-state index contributed by atoms with van der Waals surface area (Å²) in [5, 5.41) is 10.7. The van der Waals surface area contributed by atoms with E-state index in [9.17, 15) is 18.9 Å². The molecule has 0 aliphatic heterocycles. The SMILES string of the molecule is COc1cccc(C(F)(F)CN)c1[N+](=O)[O-]. The van der Waals surface area contributed by atoms with Crippen LogP contribution in [0.3, 0.4) is 0 Å². The summed E-state index contributed by atoms with van der Waals surface area (Å²) in [6.45, 7) is -0.999. The predicted octanol–water partition coefficient (Wildman–Crippen LogP) is 1.65. The van der Waals surface area contributed by atoms with Crippen molar-refractivity contribution in [3.63, 3.8) is 0 Å². The summed E-state index contributed by atoms with van der Waals surface area (Å²) in [6.07, 6.45) is 0. The molecule has 0 spiro atoms. The number of alkyl halides is 2. The van der Waals surface area contributed by atoms with Gasteiger partial charge in [0.05, 0.1) is 18.6 Å². The normalized spacial score (nSPS) is 11.2. The topological polar surface area (TPSA) is 78.4 Å². The van der Waals surface area contributed by atoms with E-state index in [0.29, 0.717) is 0 Å². The Kier molecular flexibility index (Phi) is 3.38. The molecular weight excluding hydrogens is 222 g/mol. The van der Waals surface area contributed by atoms with Gasteiger partial charge in [-0.1, -0.05) is 6.07 Å². The van der Waals surface area contributed by atoms with Crippen LogP contribution in [-0.4, -0.2) is 18.6 Å². The number of hydrogen-bond acceptors (Lipinski definition) is 4. The minimum atomic E-state index is -3.45. The molecule has 0 bridgehead atoms. The fourth-order valence-corrected chi connectivity index (χ4v) is 1.28. The van der Waals surface area contributed by atoms with Crippen molar-refractivity contribution in [2.75, 3.05) is 13.7 Å². The molecule has 7 heteroatoms. The number of nitrogens with two attached hydrogens (primary N) is 1. The van der Waals surface area contributed by atoms with Crippen LogP contribution >= 0.6 is 0 Å². The Labute approximate surface area is 90.0 Å². The fourth-order valence-electron chi connectivity index (χ4n) is 1.28. The van der Waals surface area contributed by atoms with Crippen LogP contribution in [0.4, 0.5) is 14.5 Å². The number of hydrogen-bond donors (Lipinski definition) is 1. The molecule has 0 fully saturated rings. The summed E-state index contributed by atoms with van der Waals surface area (Å²) < 4.78 is 31.3. The number of halogens is 2. The first kappa shape index (κ1) is 12.3. The highest BCUT2D eigenvalue weighted by molar-refractivity contribution is 5.54. The summed E-state index contributed by atoms with van der Waals surface area (Å²) in [7, 11) is 1.17. The number of rotatable bonds is 4. The Morgan fingerprint density at radius 2 is 2.19 bits per heavy atom. The van der Waals surface area contributed by atoms with Gasteiger partial charge >= 0.3 is 5.69 Å². The van der Waals surface area contributed by atoms with Gasteiger partial charge in [-0.25, -0.2) is 0 Å². The highest BCUT2D eigenvalue weighted by Crippen LogP contribution is 2.39. The summed E-state index contributed by atoms with van der Waals surface area (Å²) in [4.78, 5) is 9.81. The smallest absolute Gasteiger partial charge is 0.320 e. The second-order valence-corrected chi connectivity index (χ2v) is 3.02. The van der Waals surface area contributed by atoms with Crippen LogP contribution < -0.4 is 10.5 Å². The minimum Gasteiger partial charge on any atom is -0.490 e. The Morgan fingerprint density at radius 3 is 2.62 bits per heavy atom. The molecule has 16 heavy (non-hydrogen) atoms. The summed E-state index contributed by atoms with van der Waals surface area (Å²) >= 11 is 0. The van der Waals surface area contributed by atoms with Crippen molar-refractivity contribution in [2.24, 2.45) is 5.73 Å². The number of methoxy groups -OCH3 is 1. The van der Waals surface area contributed by atoms with Crippen molar-refractivity contribution in [1.82, 2.24) is 0 Å². The Morgan fingerprint density at radius 1 is 1.56 bits per heavy atom. The van der Waals surface area contributed by atoms with E-state index >= 15 is 0 Å². The van der Waals surface area contributed by atoms with Crippen LogP contribution in [0.25, 0.3) is 0 Å². The van der Waals surface area contributed by atoms with Gasteiger partial charge in [-0.3, -0.25) is 10.1 Å². The molecule has 0 saturated heterocycles. The van der Waals surface area contributed by atoms with E-state index in [-0.39, 0.29) is 5.75 Å². The maximum absolute atomic E-state index is 13.3. The van der Waals surface area contributed by atoms with Crippen molar-refractivity contribution in [3.8, 4) is 5.75 Å². The van der Waals surface area contributed by atoms with E-state index < -0.39 is 28.6 Å². The Balaban J connectivity index is 3.45. The maximum Gasteiger partial charge on any atom is 0.320 e. The van der Waals surface area contributed by atoms with Gasteiger partial charge < -0.3 is 10.5 Å². The molecule has 0 atom stereocenters. The zero-order valence-electron chi connectivity index (χ0n) is 8.44. The van der Waals surface area contributed by atoms with Crippen molar-refractivity contribution in [1.29, 1.82) is 0 Å². The molecule has 88 valence electrons. The lowest BCUT2D eigenvalue weighted by Gasteiger charge is -2.15. The van der Waals surface area contributed by atoms with E-state index in [0.717, 1.165) is 6.07 Å².